The molecule has 0 spiro atoms. The van der Waals surface area contributed by atoms with Crippen molar-refractivity contribution in [2.24, 2.45) is 0 Å². The maximum atomic E-state index is 13.7. The number of carbonyl (C=O) groups is 1. The van der Waals surface area contributed by atoms with Crippen LogP contribution in [0.2, 0.25) is 0 Å². The standard InChI is InChI=1S/C21H24F2N2O2S/c1-28-20-8-3-2-7-19(20)25-21(26)24-14-9-11-15(12-10-14)27-13-16-17(22)5-4-6-18(16)23/h2-8,14-15H,9-13H2,1H3,(H2,24,25,26). The Morgan fingerprint density at radius 2 is 1.75 bits per heavy atom. The second kappa shape index (κ2) is 9.89. The molecule has 0 aliphatic heterocycles. The number of halogens is 2. The average molecular weight is 406 g/mol. The molecule has 0 bridgehead atoms. The highest BCUT2D eigenvalue weighted by Crippen LogP contribution is 2.26. The van der Waals surface area contributed by atoms with E-state index in [1.54, 1.807) is 11.8 Å². The van der Waals surface area contributed by atoms with E-state index >= 15 is 0 Å². The fourth-order valence-corrected chi connectivity index (χ4v) is 3.89. The van der Waals surface area contributed by atoms with Crippen LogP contribution in [0.4, 0.5) is 19.3 Å². The number of amides is 2. The molecular weight excluding hydrogens is 382 g/mol. The number of nitrogens with one attached hydrogen (secondary N) is 2. The number of urea groups is 1. The number of anilines is 1. The lowest BCUT2D eigenvalue weighted by Gasteiger charge is -2.29. The van der Waals surface area contributed by atoms with Gasteiger partial charge < -0.3 is 15.4 Å². The number of hydrogen-bond donors (Lipinski definition) is 2. The monoisotopic (exact) mass is 406 g/mol. The Morgan fingerprint density at radius 3 is 2.43 bits per heavy atom. The molecule has 0 atom stereocenters. The maximum Gasteiger partial charge on any atom is 0.319 e. The summed E-state index contributed by atoms with van der Waals surface area (Å²) in [6.45, 7) is -0.0762. The van der Waals surface area contributed by atoms with Gasteiger partial charge in [-0.25, -0.2) is 13.6 Å². The van der Waals surface area contributed by atoms with Gasteiger partial charge in [-0.3, -0.25) is 0 Å². The Hall–Kier alpha value is -2.12. The fourth-order valence-electron chi connectivity index (χ4n) is 3.34. The lowest BCUT2D eigenvalue weighted by molar-refractivity contribution is 0.00964. The zero-order valence-electron chi connectivity index (χ0n) is 15.7. The Labute approximate surface area is 168 Å². The number of rotatable bonds is 6. The summed E-state index contributed by atoms with van der Waals surface area (Å²) in [5.74, 6) is -1.17. The summed E-state index contributed by atoms with van der Waals surface area (Å²) in [6.07, 6.45) is 4.92. The van der Waals surface area contributed by atoms with Gasteiger partial charge >= 0.3 is 6.03 Å². The predicted octanol–water partition coefficient (Wildman–Crippen LogP) is 5.34. The molecule has 0 heterocycles. The number of ether oxygens (including phenoxy) is 1. The lowest BCUT2D eigenvalue weighted by atomic mass is 9.93. The van der Waals surface area contributed by atoms with Gasteiger partial charge in [0.25, 0.3) is 0 Å². The molecule has 1 aliphatic carbocycles. The number of carbonyl (C=O) groups excluding carboxylic acids is 1. The molecule has 2 aromatic rings. The van der Waals surface area contributed by atoms with E-state index in [1.165, 1.54) is 18.2 Å². The van der Waals surface area contributed by atoms with Crippen LogP contribution in [-0.4, -0.2) is 24.4 Å². The molecule has 0 radical (unpaired) electrons. The van der Waals surface area contributed by atoms with E-state index in [1.807, 2.05) is 30.5 Å². The maximum absolute atomic E-state index is 13.7. The van der Waals surface area contributed by atoms with Gasteiger partial charge in [0.15, 0.2) is 0 Å². The molecule has 2 N–H and O–H groups in total. The van der Waals surface area contributed by atoms with E-state index in [0.717, 1.165) is 36.3 Å². The van der Waals surface area contributed by atoms with Crippen molar-refractivity contribution in [1.29, 1.82) is 0 Å². The number of para-hydroxylation sites is 1. The van der Waals surface area contributed by atoms with E-state index in [0.29, 0.717) is 0 Å². The predicted molar refractivity (Wildman–Crippen MR) is 108 cm³/mol. The van der Waals surface area contributed by atoms with Crippen LogP contribution >= 0.6 is 11.8 Å². The molecule has 3 rings (SSSR count). The van der Waals surface area contributed by atoms with Crippen LogP contribution in [0.3, 0.4) is 0 Å². The summed E-state index contributed by atoms with van der Waals surface area (Å²) in [5.41, 5.74) is 0.756. The summed E-state index contributed by atoms with van der Waals surface area (Å²) in [5, 5.41) is 5.89. The minimum Gasteiger partial charge on any atom is -0.373 e. The summed E-state index contributed by atoms with van der Waals surface area (Å²) < 4.78 is 33.0. The topological polar surface area (TPSA) is 50.4 Å². The molecule has 2 aromatic carbocycles. The van der Waals surface area contributed by atoms with Crippen molar-refractivity contribution in [3.63, 3.8) is 0 Å². The van der Waals surface area contributed by atoms with Gasteiger partial charge in [-0.2, -0.15) is 0 Å². The quantitative estimate of drug-likeness (QED) is 0.637. The largest absolute Gasteiger partial charge is 0.373 e. The van der Waals surface area contributed by atoms with Crippen molar-refractivity contribution in [1.82, 2.24) is 5.32 Å². The summed E-state index contributed by atoms with van der Waals surface area (Å²) in [4.78, 5) is 13.3. The minimum absolute atomic E-state index is 0.0328. The Bertz CT molecular complexity index is 790. The molecule has 0 saturated heterocycles. The van der Waals surface area contributed by atoms with E-state index in [4.69, 9.17) is 4.74 Å². The van der Waals surface area contributed by atoms with Crippen LogP contribution < -0.4 is 10.6 Å². The summed E-state index contributed by atoms with van der Waals surface area (Å²) in [7, 11) is 0. The van der Waals surface area contributed by atoms with Crippen LogP contribution in [0.25, 0.3) is 0 Å². The third-order valence-electron chi connectivity index (χ3n) is 4.89. The first-order valence-electron chi connectivity index (χ1n) is 9.32. The van der Waals surface area contributed by atoms with Crippen molar-refractivity contribution in [2.45, 2.75) is 49.3 Å². The fraction of sp³-hybridized carbons (Fsp3) is 0.381. The van der Waals surface area contributed by atoms with Crippen molar-refractivity contribution in [3.05, 3.63) is 59.7 Å². The minimum atomic E-state index is -0.586. The Morgan fingerprint density at radius 1 is 1.07 bits per heavy atom. The smallest absolute Gasteiger partial charge is 0.319 e. The van der Waals surface area contributed by atoms with E-state index in [9.17, 15) is 13.6 Å². The van der Waals surface area contributed by atoms with E-state index in [2.05, 4.69) is 10.6 Å². The molecule has 7 heteroatoms. The van der Waals surface area contributed by atoms with Crippen molar-refractivity contribution < 1.29 is 18.3 Å². The third-order valence-corrected chi connectivity index (χ3v) is 5.69. The first-order valence-corrected chi connectivity index (χ1v) is 10.5. The Balaban J connectivity index is 1.43. The number of benzene rings is 2. The van der Waals surface area contributed by atoms with Gasteiger partial charge in [0, 0.05) is 16.5 Å². The highest BCUT2D eigenvalue weighted by atomic mass is 32.2. The molecule has 2 amide bonds. The summed E-state index contributed by atoms with van der Waals surface area (Å²) >= 11 is 1.58. The van der Waals surface area contributed by atoms with Crippen molar-refractivity contribution in [3.8, 4) is 0 Å². The molecule has 4 nitrogen and oxygen atoms in total. The molecule has 150 valence electrons. The SMILES string of the molecule is CSc1ccccc1NC(=O)NC1CCC(OCc2c(F)cccc2F)CC1. The first kappa shape index (κ1) is 20.6. The summed E-state index contributed by atoms with van der Waals surface area (Å²) in [6, 6.07) is 11.3. The molecule has 0 unspecified atom stereocenters. The van der Waals surface area contributed by atoms with Crippen LogP contribution in [0.15, 0.2) is 47.4 Å². The highest BCUT2D eigenvalue weighted by Gasteiger charge is 2.24. The van der Waals surface area contributed by atoms with Crippen LogP contribution in [-0.2, 0) is 11.3 Å². The second-order valence-electron chi connectivity index (χ2n) is 6.78. The van der Waals surface area contributed by atoms with Crippen LogP contribution in [0.5, 0.6) is 0 Å². The molecule has 1 saturated carbocycles. The van der Waals surface area contributed by atoms with Gasteiger partial charge in [0.2, 0.25) is 0 Å². The van der Waals surface area contributed by atoms with Gasteiger partial charge in [0.05, 0.1) is 18.4 Å². The molecule has 28 heavy (non-hydrogen) atoms. The third kappa shape index (κ3) is 5.45. The average Bonchev–Trinajstić information content (AvgIpc) is 2.69. The van der Waals surface area contributed by atoms with E-state index in [-0.39, 0.29) is 30.3 Å². The molecular formula is C21H24F2N2O2S. The van der Waals surface area contributed by atoms with E-state index < -0.39 is 11.6 Å². The molecule has 1 aliphatic rings. The zero-order valence-corrected chi connectivity index (χ0v) is 16.5. The van der Waals surface area contributed by atoms with Gasteiger partial charge in [-0.15, -0.1) is 11.8 Å². The van der Waals surface area contributed by atoms with Gasteiger partial charge in [-0.05, 0) is 56.2 Å². The Kier molecular flexibility index (Phi) is 7.28. The van der Waals surface area contributed by atoms with Crippen LogP contribution in [0, 0.1) is 11.6 Å². The number of hydrogen-bond acceptors (Lipinski definition) is 3. The van der Waals surface area contributed by atoms with Crippen LogP contribution in [0.1, 0.15) is 31.2 Å². The van der Waals surface area contributed by atoms with Crippen molar-refractivity contribution >= 4 is 23.5 Å². The number of thioether (sulfide) groups is 1. The first-order chi connectivity index (χ1) is 13.6. The van der Waals surface area contributed by atoms with Gasteiger partial charge in [0.1, 0.15) is 11.6 Å². The zero-order chi connectivity index (χ0) is 19.9. The molecule has 0 aromatic heterocycles. The second-order valence-corrected chi connectivity index (χ2v) is 7.63. The lowest BCUT2D eigenvalue weighted by Crippen LogP contribution is -2.41. The molecule has 1 fully saturated rings. The van der Waals surface area contributed by atoms with Crippen molar-refractivity contribution in [2.75, 3.05) is 11.6 Å². The highest BCUT2D eigenvalue weighted by molar-refractivity contribution is 7.98. The normalized spacial score (nSPS) is 19.2. The van der Waals surface area contributed by atoms with Gasteiger partial charge in [-0.1, -0.05) is 18.2 Å².